The van der Waals surface area contributed by atoms with Crippen molar-refractivity contribution in [1.82, 2.24) is 0 Å². The molecule has 0 bridgehead atoms. The van der Waals surface area contributed by atoms with E-state index in [-0.39, 0.29) is 12.6 Å². The third-order valence-electron chi connectivity index (χ3n) is 2.38. The molecule has 94 valence electrons. The number of benzene rings is 1. The summed E-state index contributed by atoms with van der Waals surface area (Å²) in [6.45, 7) is 3.34. The molecule has 0 saturated heterocycles. The second kappa shape index (κ2) is 7.68. The molecule has 0 aliphatic rings. The molecule has 17 heavy (non-hydrogen) atoms. The van der Waals surface area contributed by atoms with Crippen LogP contribution in [-0.4, -0.2) is 37.4 Å². The molecule has 0 radical (unpaired) electrons. The maximum atomic E-state index is 11.3. The molecule has 0 unspecified atom stereocenters. The first-order valence-corrected chi connectivity index (χ1v) is 5.84. The zero-order valence-electron chi connectivity index (χ0n) is 10.1. The van der Waals surface area contributed by atoms with Crippen molar-refractivity contribution in [3.63, 3.8) is 0 Å². The van der Waals surface area contributed by atoms with E-state index >= 15 is 0 Å². The summed E-state index contributed by atoms with van der Waals surface area (Å²) in [5.74, 6) is -0.202. The minimum Gasteiger partial charge on any atom is -0.466 e. The maximum Gasteiger partial charge on any atom is 0.307 e. The number of nitrogens with zero attached hydrogens (tertiary/aromatic N) is 1. The number of rotatable bonds is 7. The van der Waals surface area contributed by atoms with Gasteiger partial charge in [-0.2, -0.15) is 0 Å². The lowest BCUT2D eigenvalue weighted by atomic mass is 10.2. The highest BCUT2D eigenvalue weighted by Crippen LogP contribution is 2.13. The quantitative estimate of drug-likeness (QED) is 0.729. The topological polar surface area (TPSA) is 49.8 Å². The fourth-order valence-electron chi connectivity index (χ4n) is 1.59. The summed E-state index contributed by atoms with van der Waals surface area (Å²) in [7, 11) is 0. The monoisotopic (exact) mass is 237 g/mol. The summed E-state index contributed by atoms with van der Waals surface area (Å²) >= 11 is 0. The van der Waals surface area contributed by atoms with Gasteiger partial charge in [0.25, 0.3) is 0 Å². The van der Waals surface area contributed by atoms with Gasteiger partial charge >= 0.3 is 5.97 Å². The normalized spacial score (nSPS) is 10.0. The average molecular weight is 237 g/mol. The first kappa shape index (κ1) is 13.5. The van der Waals surface area contributed by atoms with Crippen molar-refractivity contribution in [2.75, 3.05) is 31.2 Å². The van der Waals surface area contributed by atoms with E-state index in [4.69, 9.17) is 9.84 Å². The Kier molecular flexibility index (Phi) is 6.10. The van der Waals surface area contributed by atoms with E-state index in [1.807, 2.05) is 35.2 Å². The lowest BCUT2D eigenvalue weighted by molar-refractivity contribution is -0.142. The molecule has 0 aliphatic heterocycles. The van der Waals surface area contributed by atoms with E-state index in [0.29, 0.717) is 26.1 Å². The molecule has 1 rings (SSSR count). The number of hydrogen-bond acceptors (Lipinski definition) is 4. The van der Waals surface area contributed by atoms with E-state index in [0.717, 1.165) is 5.69 Å². The van der Waals surface area contributed by atoms with Crippen molar-refractivity contribution in [1.29, 1.82) is 0 Å². The first-order valence-electron chi connectivity index (χ1n) is 5.84. The molecule has 1 N–H and O–H groups in total. The van der Waals surface area contributed by atoms with Gasteiger partial charge in [0.1, 0.15) is 0 Å². The van der Waals surface area contributed by atoms with E-state index in [2.05, 4.69) is 0 Å². The Morgan fingerprint density at radius 1 is 1.29 bits per heavy atom. The number of carbonyl (C=O) groups is 1. The van der Waals surface area contributed by atoms with Gasteiger partial charge in [-0.3, -0.25) is 4.79 Å². The molecule has 4 nitrogen and oxygen atoms in total. The standard InChI is InChI=1S/C13H19NO3/c1-2-17-13(16)8-9-14(10-11-15)12-6-4-3-5-7-12/h3-7,15H,2,8-11H2,1H3. The number of carbonyl (C=O) groups excluding carboxylic acids is 1. The van der Waals surface area contributed by atoms with Crippen LogP contribution in [0.3, 0.4) is 0 Å². The predicted octanol–water partition coefficient (Wildman–Crippen LogP) is 1.44. The zero-order chi connectivity index (χ0) is 12.5. The summed E-state index contributed by atoms with van der Waals surface area (Å²) in [6.07, 6.45) is 0.336. The summed E-state index contributed by atoms with van der Waals surface area (Å²) < 4.78 is 4.88. The third kappa shape index (κ3) is 4.87. The molecular weight excluding hydrogens is 218 g/mol. The first-order chi connectivity index (χ1) is 8.27. The van der Waals surface area contributed by atoms with Gasteiger partial charge in [-0.05, 0) is 19.1 Å². The molecule has 0 aromatic heterocycles. The Morgan fingerprint density at radius 3 is 2.59 bits per heavy atom. The number of esters is 1. The molecule has 0 saturated carbocycles. The summed E-state index contributed by atoms with van der Waals surface area (Å²) in [5, 5.41) is 9.01. The van der Waals surface area contributed by atoms with Gasteiger partial charge in [0.05, 0.1) is 19.6 Å². The molecule has 0 heterocycles. The molecular formula is C13H19NO3. The molecule has 0 atom stereocenters. The number of aliphatic hydroxyl groups excluding tert-OH is 1. The van der Waals surface area contributed by atoms with Crippen molar-refractivity contribution in [3.8, 4) is 0 Å². The molecule has 4 heteroatoms. The molecule has 1 aromatic rings. The summed E-state index contributed by atoms with van der Waals surface area (Å²) in [5.41, 5.74) is 1.01. The number of ether oxygens (including phenoxy) is 1. The number of hydrogen-bond donors (Lipinski definition) is 1. The van der Waals surface area contributed by atoms with Crippen LogP contribution in [0.25, 0.3) is 0 Å². The van der Waals surface area contributed by atoms with Gasteiger partial charge in [0.15, 0.2) is 0 Å². The predicted molar refractivity (Wildman–Crippen MR) is 67.0 cm³/mol. The van der Waals surface area contributed by atoms with Crippen molar-refractivity contribution in [2.45, 2.75) is 13.3 Å². The van der Waals surface area contributed by atoms with Crippen molar-refractivity contribution >= 4 is 11.7 Å². The molecule has 0 fully saturated rings. The fourth-order valence-corrected chi connectivity index (χ4v) is 1.59. The van der Waals surface area contributed by atoms with Gasteiger partial charge in [-0.25, -0.2) is 0 Å². The summed E-state index contributed by atoms with van der Waals surface area (Å²) in [6, 6.07) is 9.72. The molecule has 1 aromatic carbocycles. The lowest BCUT2D eigenvalue weighted by Crippen LogP contribution is -2.29. The minimum atomic E-state index is -0.202. The maximum absolute atomic E-state index is 11.3. The van der Waals surface area contributed by atoms with Crippen LogP contribution < -0.4 is 4.90 Å². The Hall–Kier alpha value is -1.55. The second-order valence-corrected chi connectivity index (χ2v) is 3.60. The second-order valence-electron chi connectivity index (χ2n) is 3.60. The van der Waals surface area contributed by atoms with Gasteiger partial charge in [0, 0.05) is 18.8 Å². The van der Waals surface area contributed by atoms with E-state index in [9.17, 15) is 4.79 Å². The largest absolute Gasteiger partial charge is 0.466 e. The highest BCUT2D eigenvalue weighted by molar-refractivity contribution is 5.70. The Balaban J connectivity index is 2.52. The van der Waals surface area contributed by atoms with Crippen LogP contribution >= 0.6 is 0 Å². The van der Waals surface area contributed by atoms with Crippen LogP contribution in [-0.2, 0) is 9.53 Å². The Morgan fingerprint density at radius 2 is 2.00 bits per heavy atom. The number of para-hydroxylation sites is 1. The SMILES string of the molecule is CCOC(=O)CCN(CCO)c1ccccc1. The Labute approximate surface area is 102 Å². The van der Waals surface area contributed by atoms with Crippen LogP contribution in [0.15, 0.2) is 30.3 Å². The number of anilines is 1. The van der Waals surface area contributed by atoms with Crippen molar-refractivity contribution in [3.05, 3.63) is 30.3 Å². The van der Waals surface area contributed by atoms with Crippen LogP contribution in [0.2, 0.25) is 0 Å². The summed E-state index contributed by atoms with van der Waals surface area (Å²) in [4.78, 5) is 13.2. The smallest absolute Gasteiger partial charge is 0.307 e. The van der Waals surface area contributed by atoms with Gasteiger partial charge < -0.3 is 14.7 Å². The van der Waals surface area contributed by atoms with Gasteiger partial charge in [-0.1, -0.05) is 18.2 Å². The molecule has 0 aliphatic carbocycles. The highest BCUT2D eigenvalue weighted by atomic mass is 16.5. The van der Waals surface area contributed by atoms with Crippen LogP contribution in [0, 0.1) is 0 Å². The van der Waals surface area contributed by atoms with Crippen LogP contribution in [0.4, 0.5) is 5.69 Å². The third-order valence-corrected chi connectivity index (χ3v) is 2.38. The van der Waals surface area contributed by atoms with Crippen molar-refractivity contribution < 1.29 is 14.6 Å². The zero-order valence-corrected chi connectivity index (χ0v) is 10.1. The van der Waals surface area contributed by atoms with E-state index in [1.54, 1.807) is 6.92 Å². The molecule has 0 amide bonds. The van der Waals surface area contributed by atoms with E-state index in [1.165, 1.54) is 0 Å². The van der Waals surface area contributed by atoms with Crippen LogP contribution in [0.1, 0.15) is 13.3 Å². The Bertz CT molecular complexity index is 327. The van der Waals surface area contributed by atoms with Crippen molar-refractivity contribution in [2.24, 2.45) is 0 Å². The minimum absolute atomic E-state index is 0.0672. The van der Waals surface area contributed by atoms with E-state index < -0.39 is 0 Å². The molecule has 0 spiro atoms. The van der Waals surface area contributed by atoms with Crippen LogP contribution in [0.5, 0.6) is 0 Å². The number of aliphatic hydroxyl groups is 1. The highest BCUT2D eigenvalue weighted by Gasteiger charge is 2.08. The van der Waals surface area contributed by atoms with Gasteiger partial charge in [-0.15, -0.1) is 0 Å². The lowest BCUT2D eigenvalue weighted by Gasteiger charge is -2.23. The fraction of sp³-hybridized carbons (Fsp3) is 0.462. The average Bonchev–Trinajstić information content (AvgIpc) is 2.36. The van der Waals surface area contributed by atoms with Gasteiger partial charge in [0.2, 0.25) is 0 Å².